The van der Waals surface area contributed by atoms with E-state index in [0.29, 0.717) is 11.9 Å². The topological polar surface area (TPSA) is 39.7 Å². The van der Waals surface area contributed by atoms with Gasteiger partial charge in [0.15, 0.2) is 0 Å². The molecular weight excluding hydrogens is 348 g/mol. The third kappa shape index (κ3) is 4.41. The van der Waals surface area contributed by atoms with Crippen LogP contribution in [0, 0.1) is 5.92 Å². The maximum absolute atomic E-state index is 13.2. The molecule has 1 aromatic heterocycles. The van der Waals surface area contributed by atoms with E-state index in [2.05, 4.69) is 39.6 Å². The summed E-state index contributed by atoms with van der Waals surface area (Å²) in [5, 5.41) is 0. The lowest BCUT2D eigenvalue weighted by molar-refractivity contribution is -0.141. The number of aromatic nitrogens is 1. The number of rotatable bonds is 4. The minimum atomic E-state index is 0.0526. The quantitative estimate of drug-likeness (QED) is 0.799. The number of carbonyl (C=O) groups excluding carboxylic acids is 1. The normalized spacial score (nSPS) is 27.2. The molecular formula is C23H36N4O. The smallest absolute Gasteiger partial charge is 0.227 e. The molecule has 3 aliphatic heterocycles. The van der Waals surface area contributed by atoms with E-state index in [0.717, 1.165) is 52.0 Å². The Hall–Kier alpha value is -1.46. The third-order valence-electron chi connectivity index (χ3n) is 7.17. The van der Waals surface area contributed by atoms with Crippen LogP contribution in [0.2, 0.25) is 0 Å². The van der Waals surface area contributed by atoms with Crippen LogP contribution in [0.4, 0.5) is 0 Å². The standard InChI is InChI=1S/C23H36N4O/c1-23(2)10-5-13-27(23)22(28)20-7-4-12-26(18-20)21-8-14-25(15-9-21)17-19-6-3-11-24-16-19/h3,6,11,16,20-21H,4-5,7-10,12-15,17-18H2,1-2H3/t20-/m0/s1. The number of nitrogens with zero attached hydrogens (tertiary/aromatic N) is 4. The highest BCUT2D eigenvalue weighted by Crippen LogP contribution is 2.32. The van der Waals surface area contributed by atoms with Crippen LogP contribution < -0.4 is 0 Å². The Kier molecular flexibility index (Phi) is 6.02. The van der Waals surface area contributed by atoms with Crippen molar-refractivity contribution in [3.63, 3.8) is 0 Å². The van der Waals surface area contributed by atoms with Crippen molar-refractivity contribution in [1.82, 2.24) is 19.7 Å². The zero-order valence-corrected chi connectivity index (χ0v) is 17.6. The molecule has 5 heteroatoms. The Balaban J connectivity index is 1.29. The lowest BCUT2D eigenvalue weighted by Crippen LogP contribution is -2.53. The van der Waals surface area contributed by atoms with Crippen molar-refractivity contribution < 1.29 is 4.79 Å². The Morgan fingerprint density at radius 3 is 2.64 bits per heavy atom. The maximum Gasteiger partial charge on any atom is 0.227 e. The van der Waals surface area contributed by atoms with Gasteiger partial charge in [0.05, 0.1) is 5.92 Å². The van der Waals surface area contributed by atoms with E-state index in [4.69, 9.17) is 0 Å². The van der Waals surface area contributed by atoms with Gasteiger partial charge in [-0.1, -0.05) is 6.07 Å². The van der Waals surface area contributed by atoms with Crippen molar-refractivity contribution in [3.8, 4) is 0 Å². The van der Waals surface area contributed by atoms with Gasteiger partial charge in [-0.15, -0.1) is 0 Å². The summed E-state index contributed by atoms with van der Waals surface area (Å²) in [6.45, 7) is 10.9. The van der Waals surface area contributed by atoms with Gasteiger partial charge in [-0.25, -0.2) is 0 Å². The first-order valence-electron chi connectivity index (χ1n) is 11.2. The average Bonchev–Trinajstić information content (AvgIpc) is 3.08. The Labute approximate surface area is 170 Å². The first-order valence-corrected chi connectivity index (χ1v) is 11.2. The van der Waals surface area contributed by atoms with E-state index in [1.54, 1.807) is 0 Å². The number of pyridine rings is 1. The van der Waals surface area contributed by atoms with Crippen LogP contribution in [-0.4, -0.2) is 69.9 Å². The summed E-state index contributed by atoms with van der Waals surface area (Å²) in [7, 11) is 0. The highest BCUT2D eigenvalue weighted by molar-refractivity contribution is 5.80. The predicted molar refractivity (Wildman–Crippen MR) is 112 cm³/mol. The molecule has 0 unspecified atom stereocenters. The van der Waals surface area contributed by atoms with Crippen LogP contribution in [-0.2, 0) is 11.3 Å². The zero-order valence-electron chi connectivity index (χ0n) is 17.6. The SMILES string of the molecule is CC1(C)CCCN1C(=O)[C@H]1CCCN(C2CCN(Cc3cccnc3)CC2)C1. The lowest BCUT2D eigenvalue weighted by atomic mass is 9.91. The van der Waals surface area contributed by atoms with Gasteiger partial charge >= 0.3 is 0 Å². The summed E-state index contributed by atoms with van der Waals surface area (Å²) in [5.41, 5.74) is 1.36. The van der Waals surface area contributed by atoms with Crippen molar-refractivity contribution in [2.24, 2.45) is 5.92 Å². The third-order valence-corrected chi connectivity index (χ3v) is 7.17. The summed E-state index contributed by atoms with van der Waals surface area (Å²) in [6.07, 6.45) is 10.8. The van der Waals surface area contributed by atoms with Crippen LogP contribution in [0.1, 0.15) is 57.9 Å². The predicted octanol–water partition coefficient (Wildman–Crippen LogP) is 3.16. The van der Waals surface area contributed by atoms with Gasteiger partial charge < -0.3 is 4.90 Å². The van der Waals surface area contributed by atoms with Gasteiger partial charge in [0.25, 0.3) is 0 Å². The molecule has 3 aliphatic rings. The summed E-state index contributed by atoms with van der Waals surface area (Å²) >= 11 is 0. The highest BCUT2D eigenvalue weighted by Gasteiger charge is 2.40. The van der Waals surface area contributed by atoms with Crippen LogP contribution >= 0.6 is 0 Å². The molecule has 0 bridgehead atoms. The molecule has 3 saturated heterocycles. The lowest BCUT2D eigenvalue weighted by Gasteiger charge is -2.43. The molecule has 0 spiro atoms. The molecule has 0 aromatic carbocycles. The molecule has 154 valence electrons. The van der Waals surface area contributed by atoms with Crippen molar-refractivity contribution in [2.75, 3.05) is 32.7 Å². The highest BCUT2D eigenvalue weighted by atomic mass is 16.2. The van der Waals surface area contributed by atoms with Crippen LogP contribution in [0.5, 0.6) is 0 Å². The molecule has 4 heterocycles. The molecule has 5 nitrogen and oxygen atoms in total. The number of piperidine rings is 2. The number of carbonyl (C=O) groups is 1. The molecule has 0 radical (unpaired) electrons. The van der Waals surface area contributed by atoms with Crippen molar-refractivity contribution in [3.05, 3.63) is 30.1 Å². The minimum Gasteiger partial charge on any atom is -0.337 e. The van der Waals surface area contributed by atoms with Gasteiger partial charge in [-0.05, 0) is 83.6 Å². The van der Waals surface area contributed by atoms with Gasteiger partial charge in [0.1, 0.15) is 0 Å². The molecule has 3 fully saturated rings. The van der Waals surface area contributed by atoms with E-state index in [-0.39, 0.29) is 11.5 Å². The van der Waals surface area contributed by atoms with E-state index >= 15 is 0 Å². The van der Waals surface area contributed by atoms with E-state index in [9.17, 15) is 4.79 Å². The zero-order chi connectivity index (χ0) is 19.6. The summed E-state index contributed by atoms with van der Waals surface area (Å²) in [6, 6.07) is 4.83. The number of hydrogen-bond donors (Lipinski definition) is 0. The van der Waals surface area contributed by atoms with E-state index < -0.39 is 0 Å². The monoisotopic (exact) mass is 384 g/mol. The van der Waals surface area contributed by atoms with Gasteiger partial charge in [0, 0.05) is 43.6 Å². The number of amides is 1. The van der Waals surface area contributed by atoms with E-state index in [1.165, 1.54) is 31.4 Å². The molecule has 0 aliphatic carbocycles. The Morgan fingerprint density at radius 1 is 1.14 bits per heavy atom. The summed E-state index contributed by atoms with van der Waals surface area (Å²) < 4.78 is 0. The van der Waals surface area contributed by atoms with Crippen molar-refractivity contribution in [1.29, 1.82) is 0 Å². The fourth-order valence-corrected chi connectivity index (χ4v) is 5.47. The molecule has 0 saturated carbocycles. The molecule has 4 rings (SSSR count). The molecule has 28 heavy (non-hydrogen) atoms. The minimum absolute atomic E-state index is 0.0526. The first-order chi connectivity index (χ1) is 13.5. The number of likely N-dealkylation sites (tertiary alicyclic amines) is 3. The second kappa shape index (κ2) is 8.50. The van der Waals surface area contributed by atoms with Crippen molar-refractivity contribution >= 4 is 5.91 Å². The van der Waals surface area contributed by atoms with Gasteiger partial charge in [-0.3, -0.25) is 19.6 Å². The second-order valence-corrected chi connectivity index (χ2v) is 9.61. The number of hydrogen-bond acceptors (Lipinski definition) is 4. The first kappa shape index (κ1) is 19.8. The van der Waals surface area contributed by atoms with E-state index in [1.807, 2.05) is 18.5 Å². The Bertz CT molecular complexity index is 654. The molecule has 1 aromatic rings. The van der Waals surface area contributed by atoms with Crippen LogP contribution in [0.15, 0.2) is 24.5 Å². The van der Waals surface area contributed by atoms with Crippen LogP contribution in [0.3, 0.4) is 0 Å². The fraction of sp³-hybridized carbons (Fsp3) is 0.739. The fourth-order valence-electron chi connectivity index (χ4n) is 5.47. The second-order valence-electron chi connectivity index (χ2n) is 9.61. The Morgan fingerprint density at radius 2 is 1.96 bits per heavy atom. The van der Waals surface area contributed by atoms with Gasteiger partial charge in [-0.2, -0.15) is 0 Å². The maximum atomic E-state index is 13.2. The largest absolute Gasteiger partial charge is 0.337 e. The van der Waals surface area contributed by atoms with Crippen molar-refractivity contribution in [2.45, 2.75) is 70.5 Å². The molecule has 0 N–H and O–H groups in total. The van der Waals surface area contributed by atoms with Crippen LogP contribution in [0.25, 0.3) is 0 Å². The van der Waals surface area contributed by atoms with Gasteiger partial charge in [0.2, 0.25) is 5.91 Å². The average molecular weight is 385 g/mol. The molecule has 1 atom stereocenters. The summed E-state index contributed by atoms with van der Waals surface area (Å²) in [4.78, 5) is 24.8. The molecule has 1 amide bonds. The summed E-state index contributed by atoms with van der Waals surface area (Å²) in [5.74, 6) is 0.626.